The average molecular weight is 323 g/mol. The Morgan fingerprint density at radius 1 is 1.17 bits per heavy atom. The predicted octanol–water partition coefficient (Wildman–Crippen LogP) is 2.01. The van der Waals surface area contributed by atoms with Crippen molar-refractivity contribution < 1.29 is 9.59 Å². The third-order valence-corrected chi connectivity index (χ3v) is 5.64. The van der Waals surface area contributed by atoms with Crippen LogP contribution in [-0.4, -0.2) is 59.4 Å². The first kappa shape index (κ1) is 18.2. The number of carbonyl (C=O) groups excluding carboxylic acids is 2. The molecule has 0 spiro atoms. The first-order valence-corrected chi connectivity index (χ1v) is 9.23. The van der Waals surface area contributed by atoms with Gasteiger partial charge in [-0.1, -0.05) is 20.3 Å². The summed E-state index contributed by atoms with van der Waals surface area (Å²) < 4.78 is 0. The third kappa shape index (κ3) is 5.20. The number of piperidine rings is 1. The molecule has 2 atom stereocenters. The van der Waals surface area contributed by atoms with E-state index in [0.717, 1.165) is 32.4 Å². The van der Waals surface area contributed by atoms with Crippen molar-refractivity contribution in [2.75, 3.05) is 19.6 Å². The lowest BCUT2D eigenvalue weighted by Crippen LogP contribution is -2.50. The molecule has 5 heteroatoms. The van der Waals surface area contributed by atoms with Crippen LogP contribution in [0.5, 0.6) is 0 Å². The molecule has 132 valence electrons. The van der Waals surface area contributed by atoms with Gasteiger partial charge < -0.3 is 10.2 Å². The van der Waals surface area contributed by atoms with Crippen molar-refractivity contribution in [2.24, 2.45) is 5.92 Å². The molecule has 1 N–H and O–H groups in total. The second kappa shape index (κ2) is 8.13. The fraction of sp³-hybridized carbons (Fsp3) is 0.889. The number of carbonyl (C=O) groups is 2. The normalized spacial score (nSPS) is 22.0. The summed E-state index contributed by atoms with van der Waals surface area (Å²) in [5.41, 5.74) is 0. The fourth-order valence-electron chi connectivity index (χ4n) is 3.46. The molecule has 2 rings (SSSR count). The highest BCUT2D eigenvalue weighted by Gasteiger charge is 2.35. The number of rotatable bonds is 7. The number of likely N-dealkylation sites (tertiary alicyclic amines) is 1. The van der Waals surface area contributed by atoms with Crippen molar-refractivity contribution in [1.82, 2.24) is 15.1 Å². The standard InChI is InChI=1S/C18H33N3O2/c1-5-13(2)14(3)21(17-6-7-17)12-18(23)19-16-8-10-20(11-9-16)15(4)22/h13-14,16-17H,5-12H2,1-4H3,(H,19,23). The number of amides is 2. The molecule has 1 saturated heterocycles. The molecule has 1 heterocycles. The highest BCUT2D eigenvalue weighted by Crippen LogP contribution is 2.31. The van der Waals surface area contributed by atoms with Gasteiger partial charge in [-0.05, 0) is 38.5 Å². The summed E-state index contributed by atoms with van der Waals surface area (Å²) in [7, 11) is 0. The lowest BCUT2D eigenvalue weighted by molar-refractivity contribution is -0.130. The molecule has 23 heavy (non-hydrogen) atoms. The molecule has 0 aromatic rings. The van der Waals surface area contributed by atoms with Gasteiger partial charge in [0.15, 0.2) is 0 Å². The maximum absolute atomic E-state index is 12.5. The molecule has 0 bridgehead atoms. The van der Waals surface area contributed by atoms with Crippen LogP contribution in [-0.2, 0) is 9.59 Å². The number of hydrogen-bond acceptors (Lipinski definition) is 3. The van der Waals surface area contributed by atoms with E-state index in [9.17, 15) is 9.59 Å². The Balaban J connectivity index is 1.80. The number of nitrogens with one attached hydrogen (secondary N) is 1. The molecule has 0 aromatic heterocycles. The summed E-state index contributed by atoms with van der Waals surface area (Å²) in [6.07, 6.45) is 5.34. The molecule has 1 aliphatic carbocycles. The van der Waals surface area contributed by atoms with Gasteiger partial charge in [-0.3, -0.25) is 14.5 Å². The Morgan fingerprint density at radius 2 is 1.78 bits per heavy atom. The molecule has 2 fully saturated rings. The van der Waals surface area contributed by atoms with E-state index in [1.165, 1.54) is 12.8 Å². The molecule has 1 saturated carbocycles. The monoisotopic (exact) mass is 323 g/mol. The van der Waals surface area contributed by atoms with Crippen molar-refractivity contribution in [3.63, 3.8) is 0 Å². The van der Waals surface area contributed by atoms with Crippen LogP contribution in [0.1, 0.15) is 59.8 Å². The molecule has 0 radical (unpaired) electrons. The fourth-order valence-corrected chi connectivity index (χ4v) is 3.46. The summed E-state index contributed by atoms with van der Waals surface area (Å²) in [4.78, 5) is 28.1. The maximum atomic E-state index is 12.5. The van der Waals surface area contributed by atoms with Crippen molar-refractivity contribution in [3.8, 4) is 0 Å². The summed E-state index contributed by atoms with van der Waals surface area (Å²) in [5.74, 6) is 0.896. The second-order valence-corrected chi connectivity index (χ2v) is 7.38. The molecule has 2 amide bonds. The van der Waals surface area contributed by atoms with E-state index in [4.69, 9.17) is 0 Å². The van der Waals surface area contributed by atoms with E-state index < -0.39 is 0 Å². The van der Waals surface area contributed by atoms with Crippen LogP contribution in [0.2, 0.25) is 0 Å². The predicted molar refractivity (Wildman–Crippen MR) is 92.1 cm³/mol. The topological polar surface area (TPSA) is 52.7 Å². The minimum Gasteiger partial charge on any atom is -0.352 e. The van der Waals surface area contributed by atoms with Gasteiger partial charge in [-0.2, -0.15) is 0 Å². The van der Waals surface area contributed by atoms with Crippen LogP contribution >= 0.6 is 0 Å². The van der Waals surface area contributed by atoms with E-state index in [-0.39, 0.29) is 17.9 Å². The molecule has 2 aliphatic rings. The highest BCUT2D eigenvalue weighted by molar-refractivity contribution is 5.78. The average Bonchev–Trinajstić information content (AvgIpc) is 3.36. The Bertz CT molecular complexity index is 414. The first-order chi connectivity index (χ1) is 10.9. The highest BCUT2D eigenvalue weighted by atomic mass is 16.2. The van der Waals surface area contributed by atoms with Crippen LogP contribution in [0, 0.1) is 5.92 Å². The quantitative estimate of drug-likeness (QED) is 0.780. The minimum absolute atomic E-state index is 0.136. The third-order valence-electron chi connectivity index (χ3n) is 5.64. The molecule has 2 unspecified atom stereocenters. The van der Waals surface area contributed by atoms with Crippen LogP contribution in [0.4, 0.5) is 0 Å². The van der Waals surface area contributed by atoms with E-state index in [1.807, 2.05) is 4.90 Å². The summed E-state index contributed by atoms with van der Waals surface area (Å²) in [6, 6.07) is 1.28. The van der Waals surface area contributed by atoms with E-state index in [1.54, 1.807) is 6.92 Å². The van der Waals surface area contributed by atoms with Gasteiger partial charge >= 0.3 is 0 Å². The van der Waals surface area contributed by atoms with Crippen LogP contribution in [0.15, 0.2) is 0 Å². The summed E-state index contributed by atoms with van der Waals surface area (Å²) in [6.45, 7) is 10.4. The molecule has 1 aliphatic heterocycles. The van der Waals surface area contributed by atoms with Gasteiger partial charge in [-0.15, -0.1) is 0 Å². The van der Waals surface area contributed by atoms with E-state index in [2.05, 4.69) is 31.0 Å². The van der Waals surface area contributed by atoms with Gasteiger partial charge in [0.1, 0.15) is 0 Å². The Morgan fingerprint density at radius 3 is 2.26 bits per heavy atom. The number of nitrogens with zero attached hydrogens (tertiary/aromatic N) is 2. The number of hydrogen-bond donors (Lipinski definition) is 1. The zero-order chi connectivity index (χ0) is 17.0. The van der Waals surface area contributed by atoms with Gasteiger partial charge in [-0.25, -0.2) is 0 Å². The van der Waals surface area contributed by atoms with Crippen LogP contribution < -0.4 is 5.32 Å². The smallest absolute Gasteiger partial charge is 0.234 e. The van der Waals surface area contributed by atoms with E-state index in [0.29, 0.717) is 24.5 Å². The summed E-state index contributed by atoms with van der Waals surface area (Å²) >= 11 is 0. The largest absolute Gasteiger partial charge is 0.352 e. The SMILES string of the molecule is CCC(C)C(C)N(CC(=O)NC1CCN(C(C)=O)CC1)C1CC1. The van der Waals surface area contributed by atoms with Crippen LogP contribution in [0.3, 0.4) is 0 Å². The lowest BCUT2D eigenvalue weighted by Gasteiger charge is -2.34. The maximum Gasteiger partial charge on any atom is 0.234 e. The van der Waals surface area contributed by atoms with Gasteiger partial charge in [0.25, 0.3) is 0 Å². The van der Waals surface area contributed by atoms with Crippen molar-refractivity contribution in [2.45, 2.75) is 77.9 Å². The Kier molecular flexibility index (Phi) is 6.45. The van der Waals surface area contributed by atoms with Crippen molar-refractivity contribution >= 4 is 11.8 Å². The van der Waals surface area contributed by atoms with Gasteiger partial charge in [0.05, 0.1) is 6.54 Å². The molecule has 0 aromatic carbocycles. The first-order valence-electron chi connectivity index (χ1n) is 9.23. The van der Waals surface area contributed by atoms with Gasteiger partial charge in [0.2, 0.25) is 11.8 Å². The molecule has 5 nitrogen and oxygen atoms in total. The zero-order valence-electron chi connectivity index (χ0n) is 15.2. The van der Waals surface area contributed by atoms with E-state index >= 15 is 0 Å². The second-order valence-electron chi connectivity index (χ2n) is 7.38. The summed E-state index contributed by atoms with van der Waals surface area (Å²) in [5, 5.41) is 3.18. The Hall–Kier alpha value is -1.10. The Labute approximate surface area is 140 Å². The van der Waals surface area contributed by atoms with Gasteiger partial charge in [0, 0.05) is 38.1 Å². The molecular formula is C18H33N3O2. The zero-order valence-corrected chi connectivity index (χ0v) is 15.2. The van der Waals surface area contributed by atoms with Crippen molar-refractivity contribution in [1.29, 1.82) is 0 Å². The lowest BCUT2D eigenvalue weighted by atomic mass is 9.99. The minimum atomic E-state index is 0.136. The van der Waals surface area contributed by atoms with Crippen molar-refractivity contribution in [3.05, 3.63) is 0 Å². The van der Waals surface area contributed by atoms with Crippen LogP contribution in [0.25, 0.3) is 0 Å². The molecular weight excluding hydrogens is 290 g/mol.